The molecule has 0 saturated carbocycles. The molecular weight excluding hydrogens is 482 g/mol. The van der Waals surface area contributed by atoms with E-state index in [1.807, 2.05) is 86.7 Å². The topological polar surface area (TPSA) is 67.1 Å². The molecule has 7 heteroatoms. The van der Waals surface area contributed by atoms with Crippen LogP contribution in [-0.4, -0.2) is 32.8 Å². The quantitative estimate of drug-likeness (QED) is 0.297. The van der Waals surface area contributed by atoms with Crippen molar-refractivity contribution in [2.24, 2.45) is 4.99 Å². The van der Waals surface area contributed by atoms with Gasteiger partial charge in [-0.3, -0.25) is 9.69 Å². The highest BCUT2D eigenvalue weighted by Crippen LogP contribution is 2.36. The first-order valence-corrected chi connectivity index (χ1v) is 12.7. The molecule has 2 heterocycles. The molecule has 0 atom stereocenters. The number of amidine groups is 1. The second-order valence-corrected chi connectivity index (χ2v) is 9.77. The van der Waals surface area contributed by atoms with Crippen molar-refractivity contribution in [3.63, 3.8) is 0 Å². The SMILES string of the molecule is COc1ccc(CN2C(=O)/C(=C/c3cc(C)n(-c4ccc(O)cc4)c3C)SC2=Nc2ccccc2)cc1. The number of phenols is 1. The number of carbonyl (C=O) groups is 1. The molecule has 186 valence electrons. The van der Waals surface area contributed by atoms with Crippen LogP contribution in [0.2, 0.25) is 0 Å². The van der Waals surface area contributed by atoms with E-state index in [1.165, 1.54) is 11.8 Å². The highest BCUT2D eigenvalue weighted by atomic mass is 32.2. The average molecular weight is 510 g/mol. The lowest BCUT2D eigenvalue weighted by atomic mass is 10.2. The van der Waals surface area contributed by atoms with Crippen molar-refractivity contribution in [1.29, 1.82) is 0 Å². The molecule has 1 N–H and O–H groups in total. The Morgan fingerprint density at radius 1 is 0.973 bits per heavy atom. The summed E-state index contributed by atoms with van der Waals surface area (Å²) in [4.78, 5) is 20.8. The van der Waals surface area contributed by atoms with Crippen LogP contribution in [0.3, 0.4) is 0 Å². The van der Waals surface area contributed by atoms with Crippen LogP contribution < -0.4 is 4.74 Å². The maximum Gasteiger partial charge on any atom is 0.267 e. The zero-order valence-corrected chi connectivity index (χ0v) is 21.7. The highest BCUT2D eigenvalue weighted by Gasteiger charge is 2.34. The molecule has 6 nitrogen and oxygen atoms in total. The molecule has 0 bridgehead atoms. The Kier molecular flexibility index (Phi) is 6.88. The predicted octanol–water partition coefficient (Wildman–Crippen LogP) is 6.61. The number of aromatic nitrogens is 1. The molecule has 1 fully saturated rings. The van der Waals surface area contributed by atoms with E-state index in [4.69, 9.17) is 9.73 Å². The van der Waals surface area contributed by atoms with Crippen molar-refractivity contribution in [2.45, 2.75) is 20.4 Å². The van der Waals surface area contributed by atoms with E-state index >= 15 is 0 Å². The van der Waals surface area contributed by atoms with E-state index in [2.05, 4.69) is 10.6 Å². The first-order valence-electron chi connectivity index (χ1n) is 11.9. The zero-order chi connectivity index (χ0) is 25.9. The van der Waals surface area contributed by atoms with E-state index in [0.29, 0.717) is 16.6 Å². The molecule has 0 aliphatic carbocycles. The number of amides is 1. The minimum atomic E-state index is -0.0788. The van der Waals surface area contributed by atoms with Crippen LogP contribution >= 0.6 is 11.8 Å². The third kappa shape index (κ3) is 5.17. The van der Waals surface area contributed by atoms with Crippen LogP contribution in [0.1, 0.15) is 22.5 Å². The molecule has 1 amide bonds. The summed E-state index contributed by atoms with van der Waals surface area (Å²) in [5.41, 5.74) is 5.76. The lowest BCUT2D eigenvalue weighted by Crippen LogP contribution is -2.28. The van der Waals surface area contributed by atoms with Gasteiger partial charge in [0.25, 0.3) is 5.91 Å². The first-order chi connectivity index (χ1) is 17.9. The molecule has 4 aromatic rings. The fourth-order valence-electron chi connectivity index (χ4n) is 4.33. The number of rotatable bonds is 6. The first kappa shape index (κ1) is 24.5. The number of ether oxygens (including phenoxy) is 1. The average Bonchev–Trinajstić information content (AvgIpc) is 3.35. The molecule has 1 aromatic heterocycles. The van der Waals surface area contributed by atoms with Gasteiger partial charge < -0.3 is 14.4 Å². The number of aromatic hydroxyl groups is 1. The molecule has 1 aliphatic rings. The van der Waals surface area contributed by atoms with Gasteiger partial charge in [0.1, 0.15) is 11.5 Å². The van der Waals surface area contributed by atoms with Crippen molar-refractivity contribution in [2.75, 3.05) is 7.11 Å². The fraction of sp³-hybridized carbons (Fsp3) is 0.133. The van der Waals surface area contributed by atoms with Crippen molar-refractivity contribution in [3.8, 4) is 17.2 Å². The number of benzene rings is 3. The van der Waals surface area contributed by atoms with E-state index in [0.717, 1.165) is 39.6 Å². The normalized spacial score (nSPS) is 15.6. The summed E-state index contributed by atoms with van der Waals surface area (Å²) in [6.45, 7) is 4.47. The lowest BCUT2D eigenvalue weighted by molar-refractivity contribution is -0.122. The third-order valence-corrected chi connectivity index (χ3v) is 7.24. The molecule has 1 aliphatic heterocycles. The number of carbonyl (C=O) groups excluding carboxylic acids is 1. The monoisotopic (exact) mass is 509 g/mol. The number of hydrogen-bond acceptors (Lipinski definition) is 5. The summed E-state index contributed by atoms with van der Waals surface area (Å²) in [5, 5.41) is 10.3. The van der Waals surface area contributed by atoms with Gasteiger partial charge in [-0.15, -0.1) is 0 Å². The minimum absolute atomic E-state index is 0.0788. The van der Waals surface area contributed by atoms with Crippen molar-refractivity contribution >= 4 is 34.6 Å². The number of hydrogen-bond donors (Lipinski definition) is 1. The second-order valence-electron chi connectivity index (χ2n) is 8.76. The van der Waals surface area contributed by atoms with Gasteiger partial charge in [0.15, 0.2) is 5.17 Å². The maximum atomic E-state index is 13.6. The largest absolute Gasteiger partial charge is 0.508 e. The van der Waals surface area contributed by atoms with Gasteiger partial charge in [-0.05, 0) is 97.4 Å². The molecule has 3 aromatic carbocycles. The van der Waals surface area contributed by atoms with Crippen LogP contribution in [0.25, 0.3) is 11.8 Å². The standard InChI is InChI=1S/C30H27N3O3S/c1-20-17-23(21(2)33(20)25-11-13-26(34)14-12-25)18-28-29(35)32(19-22-9-15-27(36-3)16-10-22)30(37-28)31-24-7-5-4-6-8-24/h4-18,34H,19H2,1-3H3/b28-18-,31-30?. The van der Waals surface area contributed by atoms with Crippen molar-refractivity contribution in [1.82, 2.24) is 9.47 Å². The Morgan fingerprint density at radius 2 is 1.68 bits per heavy atom. The maximum absolute atomic E-state index is 13.6. The van der Waals surface area contributed by atoms with E-state index in [1.54, 1.807) is 24.1 Å². The predicted molar refractivity (Wildman–Crippen MR) is 150 cm³/mol. The van der Waals surface area contributed by atoms with E-state index in [9.17, 15) is 9.90 Å². The smallest absolute Gasteiger partial charge is 0.267 e. The number of thioether (sulfide) groups is 1. The summed E-state index contributed by atoms with van der Waals surface area (Å²) >= 11 is 1.39. The van der Waals surface area contributed by atoms with Gasteiger partial charge in [0.2, 0.25) is 0 Å². The molecule has 0 unspecified atom stereocenters. The Balaban J connectivity index is 1.50. The number of para-hydroxylation sites is 1. The summed E-state index contributed by atoms with van der Waals surface area (Å²) in [6.07, 6.45) is 1.95. The van der Waals surface area contributed by atoms with Crippen LogP contribution in [0.15, 0.2) is 94.8 Å². The molecule has 0 spiro atoms. The molecule has 37 heavy (non-hydrogen) atoms. The van der Waals surface area contributed by atoms with E-state index < -0.39 is 0 Å². The number of nitrogens with zero attached hydrogens (tertiary/aromatic N) is 3. The molecule has 0 radical (unpaired) electrons. The van der Waals surface area contributed by atoms with Gasteiger partial charge in [-0.25, -0.2) is 4.99 Å². The molecule has 5 rings (SSSR count). The highest BCUT2D eigenvalue weighted by molar-refractivity contribution is 8.18. The van der Waals surface area contributed by atoms with Crippen LogP contribution in [0, 0.1) is 13.8 Å². The number of aliphatic imine (C=N–C) groups is 1. The number of phenolic OH excluding ortho intramolecular Hbond substituents is 1. The molecule has 1 saturated heterocycles. The summed E-state index contributed by atoms with van der Waals surface area (Å²) < 4.78 is 7.39. The van der Waals surface area contributed by atoms with Gasteiger partial charge in [0, 0.05) is 17.1 Å². The van der Waals surface area contributed by atoms with Crippen LogP contribution in [0.5, 0.6) is 11.5 Å². The minimum Gasteiger partial charge on any atom is -0.508 e. The van der Waals surface area contributed by atoms with Crippen molar-refractivity contribution < 1.29 is 14.6 Å². The Labute approximate surface area is 220 Å². The Bertz CT molecular complexity index is 1490. The molecular formula is C30H27N3O3S. The third-order valence-electron chi connectivity index (χ3n) is 6.23. The number of methoxy groups -OCH3 is 1. The van der Waals surface area contributed by atoms with Crippen molar-refractivity contribution in [3.05, 3.63) is 112 Å². The fourth-order valence-corrected chi connectivity index (χ4v) is 5.32. The van der Waals surface area contributed by atoms with Crippen LogP contribution in [0.4, 0.5) is 5.69 Å². The number of aryl methyl sites for hydroxylation is 1. The van der Waals surface area contributed by atoms with Gasteiger partial charge in [-0.2, -0.15) is 0 Å². The van der Waals surface area contributed by atoms with Gasteiger partial charge >= 0.3 is 0 Å². The zero-order valence-electron chi connectivity index (χ0n) is 20.9. The Hall–Kier alpha value is -4.23. The summed E-state index contributed by atoms with van der Waals surface area (Å²) in [6, 6.07) is 26.6. The summed E-state index contributed by atoms with van der Waals surface area (Å²) in [5.74, 6) is 0.919. The van der Waals surface area contributed by atoms with E-state index in [-0.39, 0.29) is 11.7 Å². The lowest BCUT2D eigenvalue weighted by Gasteiger charge is -2.16. The second kappa shape index (κ2) is 10.4. The van der Waals surface area contributed by atoms with Gasteiger partial charge in [-0.1, -0.05) is 30.3 Å². The Morgan fingerprint density at radius 3 is 2.35 bits per heavy atom. The van der Waals surface area contributed by atoms with Crippen LogP contribution in [-0.2, 0) is 11.3 Å². The summed E-state index contributed by atoms with van der Waals surface area (Å²) in [7, 11) is 1.63. The van der Waals surface area contributed by atoms with Gasteiger partial charge in [0.05, 0.1) is 24.2 Å².